The lowest BCUT2D eigenvalue weighted by Gasteiger charge is -2.16. The molecule has 1 aromatic carbocycles. The van der Waals surface area contributed by atoms with E-state index in [1.807, 2.05) is 7.05 Å². The van der Waals surface area contributed by atoms with E-state index >= 15 is 0 Å². The summed E-state index contributed by atoms with van der Waals surface area (Å²) in [4.78, 5) is 4.64. The maximum atomic E-state index is 13.4. The molecule has 1 atom stereocenters. The highest BCUT2D eigenvalue weighted by atomic mass is 79.9. The van der Waals surface area contributed by atoms with Crippen LogP contribution in [0.1, 0.15) is 42.1 Å². The first kappa shape index (κ1) is 14.6. The van der Waals surface area contributed by atoms with Crippen LogP contribution in [0.25, 0.3) is 0 Å². The fourth-order valence-electron chi connectivity index (χ4n) is 1.85. The molecule has 102 valence electrons. The van der Waals surface area contributed by atoms with Crippen LogP contribution < -0.4 is 5.32 Å². The van der Waals surface area contributed by atoms with Crippen molar-refractivity contribution in [3.63, 3.8) is 0 Å². The topological polar surface area (TPSA) is 24.9 Å². The van der Waals surface area contributed by atoms with Gasteiger partial charge < -0.3 is 5.32 Å². The Bertz CT molecular complexity index is 568. The van der Waals surface area contributed by atoms with Gasteiger partial charge in [-0.3, -0.25) is 0 Å². The van der Waals surface area contributed by atoms with Crippen LogP contribution in [0.2, 0.25) is 0 Å². The number of halogens is 2. The monoisotopic (exact) mass is 342 g/mol. The van der Waals surface area contributed by atoms with Gasteiger partial charge in [0.2, 0.25) is 0 Å². The normalized spacial score (nSPS) is 12.9. The predicted octanol–water partition coefficient (Wildman–Crippen LogP) is 4.48. The van der Waals surface area contributed by atoms with Crippen LogP contribution in [0.3, 0.4) is 0 Å². The van der Waals surface area contributed by atoms with Crippen molar-refractivity contribution in [2.75, 3.05) is 7.05 Å². The molecule has 0 aliphatic carbocycles. The van der Waals surface area contributed by atoms with Crippen molar-refractivity contribution in [2.24, 2.45) is 0 Å². The van der Waals surface area contributed by atoms with Crippen LogP contribution in [0.4, 0.5) is 4.39 Å². The van der Waals surface area contributed by atoms with Crippen LogP contribution in [-0.2, 0) is 0 Å². The summed E-state index contributed by atoms with van der Waals surface area (Å²) in [5, 5.41) is 6.23. The maximum Gasteiger partial charge on any atom is 0.123 e. The van der Waals surface area contributed by atoms with Crippen molar-refractivity contribution in [1.29, 1.82) is 0 Å². The molecule has 1 N–H and O–H groups in total. The molecule has 2 rings (SSSR count). The van der Waals surface area contributed by atoms with E-state index in [-0.39, 0.29) is 11.9 Å². The van der Waals surface area contributed by atoms with Gasteiger partial charge in [0.1, 0.15) is 10.8 Å². The van der Waals surface area contributed by atoms with E-state index in [9.17, 15) is 4.39 Å². The standard InChI is InChI=1S/C14H16BrFN2S/c1-8(2)12-7-19-14(18-12)13(17-3)10-6-9(16)4-5-11(10)15/h4-8,13,17H,1-3H3. The van der Waals surface area contributed by atoms with Gasteiger partial charge in [0.15, 0.2) is 0 Å². The summed E-state index contributed by atoms with van der Waals surface area (Å²) >= 11 is 5.08. The number of nitrogens with one attached hydrogen (secondary N) is 1. The lowest BCUT2D eigenvalue weighted by molar-refractivity contribution is 0.614. The molecular formula is C14H16BrFN2S. The van der Waals surface area contributed by atoms with Gasteiger partial charge in [-0.25, -0.2) is 9.37 Å². The van der Waals surface area contributed by atoms with Gasteiger partial charge in [-0.15, -0.1) is 11.3 Å². The summed E-state index contributed by atoms with van der Waals surface area (Å²) in [6.45, 7) is 4.23. The van der Waals surface area contributed by atoms with Gasteiger partial charge >= 0.3 is 0 Å². The number of rotatable bonds is 4. The van der Waals surface area contributed by atoms with Crippen molar-refractivity contribution in [3.05, 3.63) is 50.1 Å². The van der Waals surface area contributed by atoms with Crippen LogP contribution in [0, 0.1) is 5.82 Å². The Morgan fingerprint density at radius 3 is 2.68 bits per heavy atom. The smallest absolute Gasteiger partial charge is 0.123 e. The van der Waals surface area contributed by atoms with E-state index in [1.165, 1.54) is 6.07 Å². The third kappa shape index (κ3) is 3.22. The second-order valence-electron chi connectivity index (χ2n) is 4.65. The van der Waals surface area contributed by atoms with Gasteiger partial charge in [-0.2, -0.15) is 0 Å². The summed E-state index contributed by atoms with van der Waals surface area (Å²) < 4.78 is 14.3. The van der Waals surface area contributed by atoms with Gasteiger partial charge in [0.05, 0.1) is 11.7 Å². The summed E-state index contributed by atoms with van der Waals surface area (Å²) in [5.74, 6) is 0.164. The molecule has 0 saturated carbocycles. The molecule has 0 spiro atoms. The molecule has 1 heterocycles. The minimum atomic E-state index is -0.237. The van der Waals surface area contributed by atoms with E-state index in [1.54, 1.807) is 23.5 Å². The molecule has 0 fully saturated rings. The van der Waals surface area contributed by atoms with E-state index in [0.29, 0.717) is 5.92 Å². The molecule has 0 bridgehead atoms. The highest BCUT2D eigenvalue weighted by molar-refractivity contribution is 9.10. The van der Waals surface area contributed by atoms with Crippen molar-refractivity contribution < 1.29 is 4.39 Å². The first-order chi connectivity index (χ1) is 9.02. The van der Waals surface area contributed by atoms with Gasteiger partial charge in [0, 0.05) is 9.85 Å². The zero-order chi connectivity index (χ0) is 14.0. The zero-order valence-electron chi connectivity index (χ0n) is 11.1. The molecule has 1 unspecified atom stereocenters. The van der Waals surface area contributed by atoms with Crippen LogP contribution in [-0.4, -0.2) is 12.0 Å². The van der Waals surface area contributed by atoms with E-state index in [2.05, 4.69) is 45.5 Å². The van der Waals surface area contributed by atoms with Gasteiger partial charge in [-0.05, 0) is 36.7 Å². The first-order valence-corrected chi connectivity index (χ1v) is 7.77. The lowest BCUT2D eigenvalue weighted by atomic mass is 10.1. The minimum absolute atomic E-state index is 0.0948. The molecule has 0 aliphatic heterocycles. The highest BCUT2D eigenvalue weighted by Crippen LogP contribution is 2.31. The molecule has 0 aliphatic rings. The molecule has 2 aromatic rings. The molecule has 1 aromatic heterocycles. The number of nitrogens with zero attached hydrogens (tertiary/aromatic N) is 1. The largest absolute Gasteiger partial charge is 0.307 e. The summed E-state index contributed by atoms with van der Waals surface area (Å²) in [6.07, 6.45) is 0. The second kappa shape index (κ2) is 6.11. The second-order valence-corrected chi connectivity index (χ2v) is 6.40. The summed E-state index contributed by atoms with van der Waals surface area (Å²) in [6, 6.07) is 4.62. The lowest BCUT2D eigenvalue weighted by Crippen LogP contribution is -2.18. The Labute approximate surface area is 125 Å². The Balaban J connectivity index is 2.40. The Morgan fingerprint density at radius 2 is 2.11 bits per heavy atom. The molecule has 0 radical (unpaired) electrons. The van der Waals surface area contributed by atoms with Gasteiger partial charge in [0.25, 0.3) is 0 Å². The van der Waals surface area contributed by atoms with Crippen molar-refractivity contribution >= 4 is 27.3 Å². The Kier molecular flexibility index (Phi) is 4.71. The minimum Gasteiger partial charge on any atom is -0.307 e. The number of aromatic nitrogens is 1. The first-order valence-electron chi connectivity index (χ1n) is 6.10. The van der Waals surface area contributed by atoms with Crippen molar-refractivity contribution in [2.45, 2.75) is 25.8 Å². The number of hydrogen-bond donors (Lipinski definition) is 1. The molecule has 19 heavy (non-hydrogen) atoms. The number of hydrogen-bond acceptors (Lipinski definition) is 3. The summed E-state index contributed by atoms with van der Waals surface area (Å²) in [5.41, 5.74) is 1.94. The third-order valence-electron chi connectivity index (χ3n) is 2.94. The van der Waals surface area contributed by atoms with Crippen LogP contribution in [0.15, 0.2) is 28.1 Å². The molecule has 2 nitrogen and oxygen atoms in total. The van der Waals surface area contributed by atoms with Crippen LogP contribution >= 0.6 is 27.3 Å². The Hall–Kier alpha value is -0.780. The van der Waals surface area contributed by atoms with Crippen molar-refractivity contribution in [1.82, 2.24) is 10.3 Å². The fraction of sp³-hybridized carbons (Fsp3) is 0.357. The van der Waals surface area contributed by atoms with E-state index in [4.69, 9.17) is 0 Å². The highest BCUT2D eigenvalue weighted by Gasteiger charge is 2.19. The zero-order valence-corrected chi connectivity index (χ0v) is 13.5. The third-order valence-corrected chi connectivity index (χ3v) is 4.59. The SMILES string of the molecule is CNC(c1nc(C(C)C)cs1)c1cc(F)ccc1Br. The van der Waals surface area contributed by atoms with Crippen molar-refractivity contribution in [3.8, 4) is 0 Å². The molecular weight excluding hydrogens is 327 g/mol. The molecule has 5 heteroatoms. The Morgan fingerprint density at radius 1 is 1.37 bits per heavy atom. The predicted molar refractivity (Wildman–Crippen MR) is 81.2 cm³/mol. The number of thiazole rings is 1. The molecule has 0 saturated heterocycles. The van der Waals surface area contributed by atoms with E-state index < -0.39 is 0 Å². The average molecular weight is 343 g/mol. The van der Waals surface area contributed by atoms with E-state index in [0.717, 1.165) is 20.7 Å². The average Bonchev–Trinajstić information content (AvgIpc) is 2.84. The summed E-state index contributed by atoms with van der Waals surface area (Å²) in [7, 11) is 1.86. The fourth-order valence-corrected chi connectivity index (χ4v) is 3.43. The maximum absolute atomic E-state index is 13.4. The van der Waals surface area contributed by atoms with Gasteiger partial charge in [-0.1, -0.05) is 29.8 Å². The van der Waals surface area contributed by atoms with Crippen LogP contribution in [0.5, 0.6) is 0 Å². The number of benzene rings is 1. The molecule has 0 amide bonds. The quantitative estimate of drug-likeness (QED) is 0.886.